The van der Waals surface area contributed by atoms with E-state index < -0.39 is 24.9 Å². The lowest BCUT2D eigenvalue weighted by Gasteiger charge is -2.27. The van der Waals surface area contributed by atoms with Crippen molar-refractivity contribution in [2.75, 3.05) is 19.6 Å². The SMILES string of the molecule is CCc1ccc([C@@H](Oc2ccc(C(=O)N[C@H]3CCCNC3)nc2)[C@H](C)NCC(F)(F)F)cc1. The van der Waals surface area contributed by atoms with Crippen molar-refractivity contribution in [1.82, 2.24) is 20.9 Å². The van der Waals surface area contributed by atoms with Gasteiger partial charge in [-0.05, 0) is 56.0 Å². The molecule has 1 fully saturated rings. The van der Waals surface area contributed by atoms with Crippen molar-refractivity contribution in [2.24, 2.45) is 0 Å². The zero-order chi connectivity index (χ0) is 23.8. The molecule has 6 nitrogen and oxygen atoms in total. The maximum Gasteiger partial charge on any atom is 0.401 e. The molecule has 1 aliphatic heterocycles. The average Bonchev–Trinajstić information content (AvgIpc) is 2.81. The second-order valence-electron chi connectivity index (χ2n) is 8.31. The van der Waals surface area contributed by atoms with Crippen LogP contribution in [0.4, 0.5) is 13.2 Å². The first kappa shape index (κ1) is 25.0. The number of rotatable bonds is 9. The molecule has 3 rings (SSSR count). The molecule has 0 unspecified atom stereocenters. The molecule has 2 aromatic rings. The fourth-order valence-corrected chi connectivity index (χ4v) is 3.75. The van der Waals surface area contributed by atoms with Crippen LogP contribution in [0.5, 0.6) is 5.75 Å². The summed E-state index contributed by atoms with van der Waals surface area (Å²) in [4.78, 5) is 16.7. The number of pyridine rings is 1. The van der Waals surface area contributed by atoms with Crippen LogP contribution in [0.2, 0.25) is 0 Å². The number of nitrogens with one attached hydrogen (secondary N) is 3. The Hall–Kier alpha value is -2.65. The van der Waals surface area contributed by atoms with Crippen molar-refractivity contribution in [3.05, 3.63) is 59.4 Å². The second kappa shape index (κ2) is 11.5. The van der Waals surface area contributed by atoms with Gasteiger partial charge in [0.25, 0.3) is 5.91 Å². The monoisotopic (exact) mass is 464 g/mol. The van der Waals surface area contributed by atoms with Crippen LogP contribution in [-0.2, 0) is 6.42 Å². The Labute approximate surface area is 192 Å². The number of hydrogen-bond acceptors (Lipinski definition) is 5. The second-order valence-corrected chi connectivity index (χ2v) is 8.31. The Morgan fingerprint density at radius 3 is 2.58 bits per heavy atom. The molecule has 2 heterocycles. The van der Waals surface area contributed by atoms with Gasteiger partial charge in [0.05, 0.1) is 12.7 Å². The van der Waals surface area contributed by atoms with Crippen LogP contribution in [0.3, 0.4) is 0 Å². The van der Waals surface area contributed by atoms with E-state index in [1.54, 1.807) is 19.1 Å². The van der Waals surface area contributed by atoms with Crippen LogP contribution in [0.25, 0.3) is 0 Å². The van der Waals surface area contributed by atoms with Gasteiger partial charge in [-0.15, -0.1) is 0 Å². The Kier molecular flexibility index (Phi) is 8.68. The Balaban J connectivity index is 1.70. The first-order valence-corrected chi connectivity index (χ1v) is 11.3. The third kappa shape index (κ3) is 7.71. The highest BCUT2D eigenvalue weighted by molar-refractivity contribution is 5.92. The number of alkyl halides is 3. The maximum atomic E-state index is 12.7. The molecule has 180 valence electrons. The number of benzene rings is 1. The van der Waals surface area contributed by atoms with Crippen molar-refractivity contribution in [2.45, 2.75) is 57.5 Å². The minimum atomic E-state index is -4.32. The number of nitrogens with zero attached hydrogens (tertiary/aromatic N) is 1. The normalized spacial score (nSPS) is 18.4. The lowest BCUT2D eigenvalue weighted by Crippen LogP contribution is -2.45. The fourth-order valence-electron chi connectivity index (χ4n) is 3.75. The summed E-state index contributed by atoms with van der Waals surface area (Å²) in [5.41, 5.74) is 2.14. The summed E-state index contributed by atoms with van der Waals surface area (Å²) >= 11 is 0. The molecule has 1 saturated heterocycles. The summed E-state index contributed by atoms with van der Waals surface area (Å²) < 4.78 is 44.3. The summed E-state index contributed by atoms with van der Waals surface area (Å²) in [5.74, 6) is 0.110. The molecule has 1 aromatic heterocycles. The molecule has 0 radical (unpaired) electrons. The highest BCUT2D eigenvalue weighted by atomic mass is 19.4. The molecule has 3 atom stereocenters. The molecule has 0 bridgehead atoms. The van der Waals surface area contributed by atoms with E-state index in [9.17, 15) is 18.0 Å². The van der Waals surface area contributed by atoms with E-state index in [2.05, 4.69) is 20.9 Å². The molecule has 3 N–H and O–H groups in total. The van der Waals surface area contributed by atoms with Crippen molar-refractivity contribution in [3.8, 4) is 5.75 Å². The number of aromatic nitrogens is 1. The number of carbonyl (C=O) groups is 1. The van der Waals surface area contributed by atoms with Crippen LogP contribution < -0.4 is 20.7 Å². The number of piperidine rings is 1. The Morgan fingerprint density at radius 2 is 2.00 bits per heavy atom. The summed E-state index contributed by atoms with van der Waals surface area (Å²) in [5, 5.41) is 8.71. The number of amides is 1. The van der Waals surface area contributed by atoms with Crippen molar-refractivity contribution < 1.29 is 22.7 Å². The first-order chi connectivity index (χ1) is 15.7. The van der Waals surface area contributed by atoms with Gasteiger partial charge in [-0.25, -0.2) is 4.98 Å². The minimum absolute atomic E-state index is 0.0695. The first-order valence-electron chi connectivity index (χ1n) is 11.3. The van der Waals surface area contributed by atoms with Gasteiger partial charge in [-0.3, -0.25) is 4.79 Å². The number of hydrogen-bond donors (Lipinski definition) is 3. The van der Waals surface area contributed by atoms with E-state index in [1.807, 2.05) is 31.2 Å². The molecule has 33 heavy (non-hydrogen) atoms. The fraction of sp³-hybridized carbons (Fsp3) is 0.500. The van der Waals surface area contributed by atoms with Crippen LogP contribution in [0.1, 0.15) is 54.4 Å². The molecule has 1 aliphatic rings. The van der Waals surface area contributed by atoms with Crippen LogP contribution in [0.15, 0.2) is 42.6 Å². The molecule has 0 spiro atoms. The topological polar surface area (TPSA) is 75.3 Å². The van der Waals surface area contributed by atoms with Gasteiger partial charge in [-0.2, -0.15) is 13.2 Å². The highest BCUT2D eigenvalue weighted by Crippen LogP contribution is 2.26. The van der Waals surface area contributed by atoms with E-state index >= 15 is 0 Å². The number of aryl methyl sites for hydroxylation is 1. The van der Waals surface area contributed by atoms with Crippen molar-refractivity contribution in [3.63, 3.8) is 0 Å². The van der Waals surface area contributed by atoms with Gasteiger partial charge in [0.15, 0.2) is 0 Å². The Bertz CT molecular complexity index is 882. The third-order valence-corrected chi connectivity index (χ3v) is 5.66. The van der Waals surface area contributed by atoms with Crippen LogP contribution in [0, 0.1) is 0 Å². The Morgan fingerprint density at radius 1 is 1.24 bits per heavy atom. The van der Waals surface area contributed by atoms with Gasteiger partial charge < -0.3 is 20.7 Å². The maximum absolute atomic E-state index is 12.7. The van der Waals surface area contributed by atoms with E-state index in [0.29, 0.717) is 5.75 Å². The number of carbonyl (C=O) groups excluding carboxylic acids is 1. The van der Waals surface area contributed by atoms with Crippen LogP contribution >= 0.6 is 0 Å². The predicted octanol–water partition coefficient (Wildman–Crippen LogP) is 3.79. The van der Waals surface area contributed by atoms with Crippen LogP contribution in [-0.4, -0.2) is 48.8 Å². The van der Waals surface area contributed by atoms with Gasteiger partial charge >= 0.3 is 6.18 Å². The van der Waals surface area contributed by atoms with Crippen molar-refractivity contribution >= 4 is 5.91 Å². The minimum Gasteiger partial charge on any atom is -0.482 e. The molecule has 0 saturated carbocycles. The molecule has 1 aromatic carbocycles. The zero-order valence-electron chi connectivity index (χ0n) is 18.9. The number of ether oxygens (including phenoxy) is 1. The van der Waals surface area contributed by atoms with E-state index in [4.69, 9.17) is 4.74 Å². The third-order valence-electron chi connectivity index (χ3n) is 5.66. The quantitative estimate of drug-likeness (QED) is 0.527. The van der Waals surface area contributed by atoms with E-state index in [1.165, 1.54) is 6.20 Å². The lowest BCUT2D eigenvalue weighted by atomic mass is 10.0. The summed E-state index contributed by atoms with van der Waals surface area (Å²) in [6.45, 7) is 4.25. The van der Waals surface area contributed by atoms with E-state index in [0.717, 1.165) is 43.5 Å². The van der Waals surface area contributed by atoms with Gasteiger partial charge in [-0.1, -0.05) is 31.2 Å². The molecule has 1 amide bonds. The van der Waals surface area contributed by atoms with Gasteiger partial charge in [0.2, 0.25) is 0 Å². The molecule has 0 aliphatic carbocycles. The standard InChI is InChI=1S/C24H31F3N4O2/c1-3-17-6-8-18(9-7-17)22(16(2)30-15-24(25,26)27)33-20-10-11-21(29-14-20)23(32)31-19-5-4-12-28-13-19/h6-11,14,16,19,22,28,30H,3-5,12-13,15H2,1-2H3,(H,31,32)/t16-,19-,22-/m0/s1. The summed E-state index contributed by atoms with van der Waals surface area (Å²) in [7, 11) is 0. The molecular formula is C24H31F3N4O2. The van der Waals surface area contributed by atoms with E-state index in [-0.39, 0.29) is 17.6 Å². The van der Waals surface area contributed by atoms with Crippen molar-refractivity contribution in [1.29, 1.82) is 0 Å². The lowest BCUT2D eigenvalue weighted by molar-refractivity contribution is -0.127. The highest BCUT2D eigenvalue weighted by Gasteiger charge is 2.30. The smallest absolute Gasteiger partial charge is 0.401 e. The predicted molar refractivity (Wildman–Crippen MR) is 120 cm³/mol. The largest absolute Gasteiger partial charge is 0.482 e. The zero-order valence-corrected chi connectivity index (χ0v) is 18.9. The molecular weight excluding hydrogens is 433 g/mol. The molecule has 9 heteroatoms. The van der Waals surface area contributed by atoms with Gasteiger partial charge in [0, 0.05) is 18.6 Å². The average molecular weight is 465 g/mol. The van der Waals surface area contributed by atoms with Gasteiger partial charge in [0.1, 0.15) is 17.5 Å². The summed E-state index contributed by atoms with van der Waals surface area (Å²) in [6, 6.07) is 10.2. The number of halogens is 3. The summed E-state index contributed by atoms with van der Waals surface area (Å²) in [6.07, 6.45) is -0.785.